The van der Waals surface area contributed by atoms with Crippen LogP contribution >= 0.6 is 50.5 Å². The van der Waals surface area contributed by atoms with E-state index in [1.807, 2.05) is 43.3 Å². The summed E-state index contributed by atoms with van der Waals surface area (Å²) in [5.74, 6) is -1.97. The fourth-order valence-electron chi connectivity index (χ4n) is 19.9. The van der Waals surface area contributed by atoms with Gasteiger partial charge in [-0.15, -0.1) is 0 Å². The lowest BCUT2D eigenvalue weighted by atomic mass is 10.00. The van der Waals surface area contributed by atoms with Crippen molar-refractivity contribution in [2.75, 3.05) is 117 Å². The summed E-state index contributed by atoms with van der Waals surface area (Å²) in [4.78, 5) is 112. The zero-order valence-electron chi connectivity index (χ0n) is 77.5. The maximum absolute atomic E-state index is 12.0. The van der Waals surface area contributed by atoms with Crippen LogP contribution in [0.15, 0.2) is 94.9 Å². The number of aliphatic imine (C=N–C) groups is 1. The smallest absolute Gasteiger partial charge is 0.339 e. The maximum Gasteiger partial charge on any atom is 0.339 e. The van der Waals surface area contributed by atoms with Crippen molar-refractivity contribution in [3.05, 3.63) is 123 Å². The van der Waals surface area contributed by atoms with Gasteiger partial charge in [-0.3, -0.25) is 53.0 Å². The van der Waals surface area contributed by atoms with E-state index in [0.717, 1.165) is 142 Å². The number of nitrogen functional groups attached to an aromatic ring is 2. The lowest BCUT2D eigenvalue weighted by Crippen LogP contribution is -2.27. The number of carboxylic acids is 1. The molecule has 8 aromatic heterocycles. The number of rotatable bonds is 13. The number of carbonyl (C=O) groups is 7. The van der Waals surface area contributed by atoms with Gasteiger partial charge in [-0.05, 0) is 118 Å². The Balaban J connectivity index is 0.000000125. The van der Waals surface area contributed by atoms with Crippen molar-refractivity contribution < 1.29 is 114 Å². The molecule has 0 radical (unpaired) electrons. The van der Waals surface area contributed by atoms with Crippen LogP contribution in [0.4, 0.5) is 11.6 Å². The number of aromatic nitrogens is 12. The molecule has 8 unspecified atom stereocenters. The average Bonchev–Trinajstić information content (AvgIpc) is 1.64. The molecule has 138 heavy (non-hydrogen) atoms. The average molecular weight is 2020 g/mol. The quantitative estimate of drug-likeness (QED) is 0.0235. The summed E-state index contributed by atoms with van der Waals surface area (Å²) < 4.78 is 97.8. The molecule has 41 nitrogen and oxygen atoms in total. The fourth-order valence-corrected chi connectivity index (χ4v) is 20.1. The molecule has 23 rings (SSSR count). The number of nitrogens with one attached hydrogen (secondary N) is 1. The largest absolute Gasteiger partial charge is 0.481 e. The van der Waals surface area contributed by atoms with Crippen LogP contribution in [0.3, 0.4) is 0 Å². The van der Waals surface area contributed by atoms with Crippen LogP contribution in [-0.4, -0.2) is 251 Å². The minimum atomic E-state index is -3.22. The Morgan fingerprint density at radius 2 is 0.841 bits per heavy atom. The first-order valence-electron chi connectivity index (χ1n) is 47.1. The number of esters is 3. The second-order valence-corrected chi connectivity index (χ2v) is 42.9. The molecule has 8 aromatic rings. The number of anilines is 2. The Bertz CT molecular complexity index is 5580. The van der Waals surface area contributed by atoms with Crippen LogP contribution in [0.25, 0.3) is 22.6 Å². The molecule has 8 atom stereocenters. The maximum atomic E-state index is 12.0. The van der Waals surface area contributed by atoms with Crippen LogP contribution in [0.2, 0.25) is 5.15 Å². The zero-order valence-corrected chi connectivity index (χ0v) is 81.4. The third-order valence-electron chi connectivity index (χ3n) is 26.5. The van der Waals surface area contributed by atoms with E-state index >= 15 is 0 Å². The molecule has 0 bridgehead atoms. The van der Waals surface area contributed by atoms with Crippen LogP contribution in [0.5, 0.6) is 0 Å². The van der Waals surface area contributed by atoms with Gasteiger partial charge in [-0.2, -0.15) is 24.3 Å². The molecule has 46 heteroatoms. The van der Waals surface area contributed by atoms with Gasteiger partial charge in [0.2, 0.25) is 0 Å². The molecule has 15 aliphatic rings. The molecule has 6 saturated heterocycles. The van der Waals surface area contributed by atoms with Crippen molar-refractivity contribution in [1.82, 2.24) is 58.4 Å². The number of aromatic amines is 1. The third kappa shape index (κ3) is 27.8. The number of Topliss-reactive ketones (excluding diaryl/α,β-unsaturated/α-hetero) is 3. The summed E-state index contributed by atoms with van der Waals surface area (Å²) in [6.07, 6.45) is 28.5. The molecule has 0 amide bonds. The van der Waals surface area contributed by atoms with E-state index in [1.54, 1.807) is 76.6 Å². The van der Waals surface area contributed by atoms with Crippen LogP contribution < -0.4 is 22.8 Å². The Labute approximate surface area is 814 Å². The number of nitrogens with two attached hydrogens (primary N) is 3. The summed E-state index contributed by atoms with van der Waals surface area (Å²) in [6.45, 7) is 15.0. The highest BCUT2D eigenvalue weighted by atomic mass is 36.0. The minimum absolute atomic E-state index is 0.0342. The van der Waals surface area contributed by atoms with E-state index in [4.69, 9.17) is 105 Å². The Kier molecular flexibility index (Phi) is 36.2. The van der Waals surface area contributed by atoms with E-state index in [1.165, 1.54) is 4.52 Å². The summed E-state index contributed by atoms with van der Waals surface area (Å²) in [7, 11) is 0. The molecule has 8 saturated carbocycles. The predicted octanol–water partition coefficient (Wildman–Crippen LogP) is 12.3. The predicted molar refractivity (Wildman–Crippen MR) is 500 cm³/mol. The van der Waals surface area contributed by atoms with E-state index in [2.05, 4.69) is 79.0 Å². The van der Waals surface area contributed by atoms with Gasteiger partial charge in [-0.1, -0.05) is 11.6 Å². The fraction of sp³-hybridized carbons (Fsp3) is 0.630. The topological polar surface area (TPSA) is 526 Å². The molecular formula is C92H121Cl4N16O25P. The van der Waals surface area contributed by atoms with Gasteiger partial charge in [-0.25, -0.2) is 29.0 Å². The van der Waals surface area contributed by atoms with Crippen LogP contribution in [0, 0.1) is 23.7 Å². The van der Waals surface area contributed by atoms with Gasteiger partial charge < -0.3 is 93.4 Å². The van der Waals surface area contributed by atoms with Gasteiger partial charge in [0, 0.05) is 204 Å². The van der Waals surface area contributed by atoms with Gasteiger partial charge in [0.15, 0.2) is 57.3 Å². The number of ketones is 3. The van der Waals surface area contributed by atoms with Crippen LogP contribution in [-0.2, 0) is 109 Å². The molecule has 7 aliphatic heterocycles. The van der Waals surface area contributed by atoms with Crippen molar-refractivity contribution in [2.45, 2.75) is 240 Å². The summed E-state index contributed by atoms with van der Waals surface area (Å²) in [6, 6.07) is 14.6. The van der Waals surface area contributed by atoms with Gasteiger partial charge in [0.05, 0.1) is 153 Å². The Hall–Kier alpha value is -9.11. The lowest BCUT2D eigenvalue weighted by molar-refractivity contribution is -0.162. The molecule has 15 heterocycles. The molecule has 0 aromatic carbocycles. The van der Waals surface area contributed by atoms with Crippen molar-refractivity contribution >= 4 is 132 Å². The van der Waals surface area contributed by atoms with Crippen molar-refractivity contribution in [3.8, 4) is 0 Å². The second-order valence-electron chi connectivity index (χ2n) is 35.9. The molecular weight excluding hydrogens is 1900 g/mol. The van der Waals surface area contributed by atoms with Crippen LogP contribution in [0.1, 0.15) is 228 Å². The van der Waals surface area contributed by atoms with E-state index in [-0.39, 0.29) is 82.6 Å². The first kappa shape index (κ1) is 105. The first-order chi connectivity index (χ1) is 66.3. The van der Waals surface area contributed by atoms with Gasteiger partial charge >= 0.3 is 29.1 Å². The monoisotopic (exact) mass is 2020 g/mol. The SMILES string of the molecule is CCOC(=O)C1CCC(=O)C1.CCOC(=O)C1CCC2(C1)OCCO2.CCOC(=O)CC(=O)C1CCC2(C1)OCCO2.Clc1cc(C2CCC3(C2)OCCO3)nc2ccnn12.NC1=CC=NC1.Nc1cc(C2CCC(=O)C2)nc2ccnn12.Nc1cc(C2CCC3(C2)OCCO3)nc2ccnn12.O=C(O)C1CCC2(C1)OCCO2.O=P(Cl)(Cl)Cl.O=c1cc(C2CCC3(C2)OCCO3)nc2cc[nH]n12. The highest BCUT2D eigenvalue weighted by Crippen LogP contribution is 2.61. The number of allylic oxidation sites excluding steroid dienone is 1. The molecule has 14 fully saturated rings. The van der Waals surface area contributed by atoms with Crippen molar-refractivity contribution in [1.29, 1.82) is 0 Å². The van der Waals surface area contributed by atoms with Crippen molar-refractivity contribution in [2.24, 2.45) is 34.4 Å². The Morgan fingerprint density at radius 1 is 0.464 bits per heavy atom. The number of fused-ring (bicyclic) bond motifs is 4. The number of aliphatic carboxylic acids is 1. The third-order valence-corrected chi connectivity index (χ3v) is 26.8. The number of nitrogens with zero attached hydrogens (tertiary/aromatic N) is 12. The molecule has 752 valence electrons. The number of halogens is 4. The number of carbonyl (C=O) groups excluding carboxylic acids is 6. The number of hydrogen-bond donors (Lipinski definition) is 5. The zero-order chi connectivity index (χ0) is 97.8. The number of ether oxygens (including phenoxy) is 15. The van der Waals surface area contributed by atoms with E-state index in [0.29, 0.717) is 203 Å². The first-order valence-corrected chi connectivity index (χ1v) is 51.9. The van der Waals surface area contributed by atoms with Gasteiger partial charge in [0.1, 0.15) is 40.6 Å². The lowest BCUT2D eigenvalue weighted by Gasteiger charge is -2.21. The van der Waals surface area contributed by atoms with Gasteiger partial charge in [0.25, 0.3) is 5.56 Å². The normalized spacial score (nSPS) is 25.2. The number of H-pyrrole nitrogens is 1. The Morgan fingerprint density at radius 3 is 1.25 bits per heavy atom. The number of carboxylic acid groups (broad SMARTS) is 1. The highest BCUT2D eigenvalue weighted by Gasteiger charge is 2.52. The minimum Gasteiger partial charge on any atom is -0.481 e. The molecule has 8 aliphatic carbocycles. The van der Waals surface area contributed by atoms with E-state index in [9.17, 15) is 42.9 Å². The highest BCUT2D eigenvalue weighted by molar-refractivity contribution is 8.24. The van der Waals surface area contributed by atoms with E-state index < -0.39 is 40.3 Å². The summed E-state index contributed by atoms with van der Waals surface area (Å²) in [5.41, 5.74) is 24.7. The molecule has 6 spiro atoms. The molecule has 8 N–H and O–H groups in total. The standard InChI is InChI=1S/C13H14ClN3O2.C13H16N4O2.C13H15N3O3.C12H18O5.C11H12N4O.C10H16O4.C8H12O4.C8H12O3.C4H6N2.Cl3OP/c2*14-11-7-10(16-12-2-4-15-17(11)12)9-1-3-13(8-9)18-5-6-19-13;17-12-7-10(15-11-2-4-14-16(11)12)9-1-3-13(8-9)18-5-6-19-13;1-2-15-11(14)7-10(13)9-3-4-12(8-9)16-5-6-17-12;12-10-6-9(7-1-2-8(16)5-7)14-11-3-4-13-15(10)11;1-2-12-9(11)8-3-4-10(7-8)13-5-6-14-10;9-7(10)6-1-2-8(5-6)11-3-4-12-8;1-2-11-8(10)6-3-4-7(9)5-6;5-4-1-2-6-3-4;1-5(2,3)4/h2,4,7,9H,1,3,5-6,8H2;2,4,7,9H,1,3,5-6,8,14H2;2,4,7,9,14H,1,3,5-6,8H2;9H,2-8H2,1H3;3-4,6-7H,1-2,5,12H2;8H,2-7H2,1H3;6H,1-5H2,(H,9,10);6H,2-5H2,1H3;1-2H,3,5H2;. The van der Waals surface area contributed by atoms with Crippen molar-refractivity contribution in [3.63, 3.8) is 0 Å². The summed E-state index contributed by atoms with van der Waals surface area (Å²) >= 11 is 20.1. The summed E-state index contributed by atoms with van der Waals surface area (Å²) in [5, 5.41) is 21.3. The second kappa shape index (κ2) is 47.6. The number of hydrogen-bond acceptors (Lipinski definition) is 35.